The van der Waals surface area contributed by atoms with Crippen molar-refractivity contribution in [1.29, 1.82) is 0 Å². The first-order valence-electron chi connectivity index (χ1n) is 14.5. The van der Waals surface area contributed by atoms with Gasteiger partial charge in [-0.2, -0.15) is 0 Å². The largest absolute Gasteiger partial charge is 0.508 e. The number of carbonyl (C=O) groups is 3. The van der Waals surface area contributed by atoms with Gasteiger partial charge in [0, 0.05) is 19.5 Å². The van der Waals surface area contributed by atoms with Gasteiger partial charge in [0.15, 0.2) is 0 Å². The molecule has 3 unspecified atom stereocenters. The topological polar surface area (TPSA) is 163 Å². The molecule has 2 aliphatic heterocycles. The fourth-order valence-corrected chi connectivity index (χ4v) is 6.47. The lowest BCUT2D eigenvalue weighted by Crippen LogP contribution is -2.75. The van der Waals surface area contributed by atoms with E-state index in [1.54, 1.807) is 35.4 Å². The van der Waals surface area contributed by atoms with Crippen LogP contribution in [0.2, 0.25) is 0 Å². The highest BCUT2D eigenvalue weighted by atomic mass is 31.2. The van der Waals surface area contributed by atoms with E-state index in [1.807, 2.05) is 30.3 Å². The average Bonchev–Trinajstić information content (AvgIpc) is 3.00. The third-order valence-electron chi connectivity index (χ3n) is 7.82. The molecule has 0 bridgehead atoms. The van der Waals surface area contributed by atoms with E-state index in [9.17, 15) is 33.8 Å². The van der Waals surface area contributed by atoms with E-state index in [2.05, 4.69) is 17.3 Å². The predicted octanol–water partition coefficient (Wildman–Crippen LogP) is 2.04. The number of hydrogen-bond acceptors (Lipinski definition) is 7. The Hall–Kier alpha value is -4.32. The van der Waals surface area contributed by atoms with Crippen LogP contribution >= 0.6 is 7.60 Å². The normalized spacial score (nSPS) is 19.6. The quantitative estimate of drug-likeness (QED) is 0.157. The molecule has 3 aromatic carbocycles. The molecule has 3 aromatic rings. The zero-order valence-electron chi connectivity index (χ0n) is 24.5. The number of phenols is 1. The van der Waals surface area contributed by atoms with Crippen molar-refractivity contribution in [3.8, 4) is 5.75 Å². The number of nitrogens with one attached hydrogen (secondary N) is 2. The lowest BCUT2D eigenvalue weighted by Gasteiger charge is -2.52. The van der Waals surface area contributed by atoms with Crippen LogP contribution in [-0.4, -0.2) is 79.3 Å². The fourth-order valence-electron chi connectivity index (χ4n) is 5.79. The summed E-state index contributed by atoms with van der Waals surface area (Å²) in [6, 6.07) is 19.9. The minimum absolute atomic E-state index is 0.00203. The van der Waals surface area contributed by atoms with Crippen LogP contribution in [0.3, 0.4) is 0 Å². The van der Waals surface area contributed by atoms with Crippen LogP contribution < -0.4 is 10.7 Å². The number of benzene rings is 3. The summed E-state index contributed by atoms with van der Waals surface area (Å²) in [5.74, 6) is -1.05. The maximum Gasteiger partial charge on any atom is 0.329 e. The lowest BCUT2D eigenvalue weighted by molar-refractivity contribution is -0.171. The number of amides is 3. The molecule has 236 valence electrons. The molecule has 0 aliphatic carbocycles. The van der Waals surface area contributed by atoms with Crippen molar-refractivity contribution in [3.05, 3.63) is 114 Å². The third-order valence-corrected chi connectivity index (χ3v) is 8.60. The van der Waals surface area contributed by atoms with Crippen molar-refractivity contribution >= 4 is 25.3 Å². The summed E-state index contributed by atoms with van der Waals surface area (Å²) >= 11 is 0. The first kappa shape index (κ1) is 32.1. The zero-order chi connectivity index (χ0) is 32.1. The number of aromatic hydroxyl groups is 1. The van der Waals surface area contributed by atoms with Gasteiger partial charge >= 0.3 is 7.60 Å². The molecule has 3 amide bonds. The van der Waals surface area contributed by atoms with Crippen molar-refractivity contribution in [1.82, 2.24) is 25.6 Å². The van der Waals surface area contributed by atoms with E-state index in [0.717, 1.165) is 11.1 Å². The van der Waals surface area contributed by atoms with Crippen molar-refractivity contribution in [2.24, 2.45) is 0 Å². The van der Waals surface area contributed by atoms with Crippen molar-refractivity contribution in [2.45, 2.75) is 37.4 Å². The molecule has 13 heteroatoms. The molecule has 0 spiro atoms. The second-order valence-electron chi connectivity index (χ2n) is 11.2. The number of piperazine rings is 1. The van der Waals surface area contributed by atoms with Crippen LogP contribution in [-0.2, 0) is 38.1 Å². The molecule has 0 aromatic heterocycles. The van der Waals surface area contributed by atoms with Gasteiger partial charge < -0.3 is 30.0 Å². The summed E-state index contributed by atoms with van der Waals surface area (Å²) in [5, 5.41) is 14.4. The van der Waals surface area contributed by atoms with Gasteiger partial charge in [0.1, 0.15) is 24.0 Å². The molecule has 2 saturated heterocycles. The third kappa shape index (κ3) is 7.86. The highest BCUT2D eigenvalue weighted by Gasteiger charge is 2.49. The second-order valence-corrected chi connectivity index (χ2v) is 12.8. The van der Waals surface area contributed by atoms with Gasteiger partial charge in [0.25, 0.3) is 0 Å². The van der Waals surface area contributed by atoms with E-state index in [1.165, 1.54) is 34.1 Å². The van der Waals surface area contributed by atoms with Crippen LogP contribution in [0.5, 0.6) is 5.75 Å². The van der Waals surface area contributed by atoms with Crippen molar-refractivity contribution in [2.75, 3.05) is 19.6 Å². The fraction of sp³-hybridized carbons (Fsp3) is 0.281. The molecular weight excluding hydrogens is 597 g/mol. The Kier molecular flexibility index (Phi) is 9.81. The van der Waals surface area contributed by atoms with Crippen LogP contribution in [0, 0.1) is 0 Å². The zero-order valence-corrected chi connectivity index (χ0v) is 25.4. The Morgan fingerprint density at radius 2 is 1.67 bits per heavy atom. The molecule has 45 heavy (non-hydrogen) atoms. The minimum Gasteiger partial charge on any atom is -0.508 e. The SMILES string of the molecule is C=CCN1CC(=O)N2C(CN(C(C(=O)NCc3ccccc3)c3ccc(CP(=O)(O)O)cc3)C(=O)C2Cc2ccc(O)cc2)N1. The summed E-state index contributed by atoms with van der Waals surface area (Å²) in [7, 11) is -4.32. The van der Waals surface area contributed by atoms with E-state index >= 15 is 0 Å². The summed E-state index contributed by atoms with van der Waals surface area (Å²) in [4.78, 5) is 63.7. The monoisotopic (exact) mass is 633 g/mol. The number of hydrogen-bond donors (Lipinski definition) is 5. The molecule has 12 nitrogen and oxygen atoms in total. The summed E-state index contributed by atoms with van der Waals surface area (Å²) in [6.07, 6.45) is 0.705. The van der Waals surface area contributed by atoms with Crippen molar-refractivity contribution < 1.29 is 33.8 Å². The Bertz CT molecular complexity index is 1580. The van der Waals surface area contributed by atoms with E-state index < -0.39 is 43.8 Å². The van der Waals surface area contributed by atoms with Crippen molar-refractivity contribution in [3.63, 3.8) is 0 Å². The molecule has 2 fully saturated rings. The maximum atomic E-state index is 14.4. The summed E-state index contributed by atoms with van der Waals surface area (Å²) < 4.78 is 11.6. The first-order chi connectivity index (χ1) is 21.5. The van der Waals surface area contributed by atoms with Gasteiger partial charge in [0.05, 0.1) is 19.3 Å². The standard InChI is InChI=1S/C32H36N5O7P/c1-2-16-35-20-29(39)37-27(17-22-10-14-26(38)15-11-22)32(41)36(19-28(37)34-35)30(31(40)33-18-23-6-4-3-5-7-23)25-12-8-24(9-13-25)21-45(42,43)44/h2-15,27-28,30,34,38H,1,16-21H2,(H,33,40)(H2,42,43,44). The summed E-state index contributed by atoms with van der Waals surface area (Å²) in [5.41, 5.74) is 5.74. The number of fused-ring (bicyclic) bond motifs is 1. The molecule has 5 N–H and O–H groups in total. The summed E-state index contributed by atoms with van der Waals surface area (Å²) in [6.45, 7) is 4.39. The molecular formula is C32H36N5O7P. The van der Waals surface area contributed by atoms with Gasteiger partial charge in [-0.3, -0.25) is 18.9 Å². The van der Waals surface area contributed by atoms with Crippen LogP contribution in [0.4, 0.5) is 0 Å². The highest BCUT2D eigenvalue weighted by molar-refractivity contribution is 7.50. The van der Waals surface area contributed by atoms with Gasteiger partial charge in [-0.25, -0.2) is 10.4 Å². The maximum absolute atomic E-state index is 14.4. The van der Waals surface area contributed by atoms with E-state index in [0.29, 0.717) is 17.7 Å². The van der Waals surface area contributed by atoms with E-state index in [4.69, 9.17) is 0 Å². The number of phenolic OH excluding ortho intramolecular Hbond substituents is 1. The van der Waals surface area contributed by atoms with Gasteiger partial charge in [-0.1, -0.05) is 72.8 Å². The minimum atomic E-state index is -4.32. The number of rotatable bonds is 11. The molecule has 0 saturated carbocycles. The lowest BCUT2D eigenvalue weighted by atomic mass is 9.95. The highest BCUT2D eigenvalue weighted by Crippen LogP contribution is 2.39. The van der Waals surface area contributed by atoms with Crippen LogP contribution in [0.25, 0.3) is 0 Å². The average molecular weight is 634 g/mol. The van der Waals surface area contributed by atoms with Crippen LogP contribution in [0.15, 0.2) is 91.5 Å². The predicted molar refractivity (Wildman–Crippen MR) is 166 cm³/mol. The molecule has 5 rings (SSSR count). The van der Waals surface area contributed by atoms with Crippen LogP contribution in [0.1, 0.15) is 28.3 Å². The van der Waals surface area contributed by atoms with Gasteiger partial charge in [-0.15, -0.1) is 6.58 Å². The molecule has 2 aliphatic rings. The Balaban J connectivity index is 1.52. The van der Waals surface area contributed by atoms with Gasteiger partial charge in [0.2, 0.25) is 17.7 Å². The number of hydrazine groups is 1. The molecule has 3 atom stereocenters. The Morgan fingerprint density at radius 3 is 2.31 bits per heavy atom. The smallest absolute Gasteiger partial charge is 0.329 e. The molecule has 0 radical (unpaired) electrons. The van der Waals surface area contributed by atoms with Gasteiger partial charge in [-0.05, 0) is 34.4 Å². The first-order valence-corrected chi connectivity index (χ1v) is 16.3. The Labute approximate surface area is 261 Å². The number of carbonyl (C=O) groups excluding carboxylic acids is 3. The Morgan fingerprint density at radius 1 is 1.00 bits per heavy atom. The number of nitrogens with zero attached hydrogens (tertiary/aromatic N) is 3. The van der Waals surface area contributed by atoms with E-state index in [-0.39, 0.29) is 37.7 Å². The molecule has 2 heterocycles. The second kappa shape index (κ2) is 13.8.